The van der Waals surface area contributed by atoms with Gasteiger partial charge in [-0.2, -0.15) is 0 Å². The number of ether oxygens (including phenoxy) is 1. The Bertz CT molecular complexity index is 1180. The van der Waals surface area contributed by atoms with Gasteiger partial charge in [-0.3, -0.25) is 19.3 Å². The lowest BCUT2D eigenvalue weighted by atomic mass is 9.96. The molecule has 45 heavy (non-hydrogen) atoms. The standard InChI is InChI=1S/C36H56N4O5/c1-9-16-31(27-17-11-10-12-18-27)45-36(44)29-20-15-22-40(29)34(42)26(6)23-30(24(2)3)39(8)35(43)32(25(4)5)37-33(41)28-19-13-14-21-38(28)7/h10-12,17-18,23-25,28-32H,9,13-16,19-22H2,1-8H3,(H,37,41)/t28-,29+,30-,31-,32+/m1/s1. The maximum atomic E-state index is 13.9. The van der Waals surface area contributed by atoms with Crippen molar-refractivity contribution in [2.24, 2.45) is 11.8 Å². The fraction of sp³-hybridized carbons (Fsp3) is 0.667. The van der Waals surface area contributed by atoms with Crippen molar-refractivity contribution in [3.05, 3.63) is 47.5 Å². The van der Waals surface area contributed by atoms with Crippen molar-refractivity contribution in [1.82, 2.24) is 20.0 Å². The van der Waals surface area contributed by atoms with Crippen molar-refractivity contribution in [1.29, 1.82) is 0 Å². The van der Waals surface area contributed by atoms with E-state index in [9.17, 15) is 19.2 Å². The van der Waals surface area contributed by atoms with Gasteiger partial charge >= 0.3 is 5.97 Å². The highest BCUT2D eigenvalue weighted by Gasteiger charge is 2.38. The molecule has 0 aromatic heterocycles. The Morgan fingerprint density at radius 1 is 0.978 bits per heavy atom. The lowest BCUT2D eigenvalue weighted by Crippen LogP contribution is -2.57. The predicted octanol–water partition coefficient (Wildman–Crippen LogP) is 5.12. The molecular formula is C36H56N4O5. The zero-order chi connectivity index (χ0) is 33.3. The Morgan fingerprint density at radius 3 is 2.24 bits per heavy atom. The van der Waals surface area contributed by atoms with Crippen LogP contribution in [0.3, 0.4) is 0 Å². The first-order valence-corrected chi connectivity index (χ1v) is 16.9. The molecule has 0 aliphatic carbocycles. The van der Waals surface area contributed by atoms with Crippen LogP contribution in [0.5, 0.6) is 0 Å². The zero-order valence-electron chi connectivity index (χ0n) is 28.8. The number of amides is 3. The maximum absolute atomic E-state index is 13.9. The van der Waals surface area contributed by atoms with Crippen LogP contribution < -0.4 is 5.32 Å². The van der Waals surface area contributed by atoms with Gasteiger partial charge in [0.1, 0.15) is 18.2 Å². The number of rotatable bonds is 13. The van der Waals surface area contributed by atoms with Crippen LogP contribution >= 0.6 is 0 Å². The summed E-state index contributed by atoms with van der Waals surface area (Å²) in [6.45, 7) is 13.0. The number of hydrogen-bond donors (Lipinski definition) is 1. The molecule has 0 bridgehead atoms. The second-order valence-electron chi connectivity index (χ2n) is 13.5. The summed E-state index contributed by atoms with van der Waals surface area (Å²) >= 11 is 0. The quantitative estimate of drug-likeness (QED) is 0.242. The third-order valence-electron chi connectivity index (χ3n) is 9.31. The molecule has 1 aromatic rings. The molecule has 9 nitrogen and oxygen atoms in total. The molecule has 2 heterocycles. The third-order valence-corrected chi connectivity index (χ3v) is 9.31. The van der Waals surface area contributed by atoms with Gasteiger partial charge in [-0.05, 0) is 70.0 Å². The molecule has 1 N–H and O–H groups in total. The molecule has 9 heteroatoms. The Morgan fingerprint density at radius 2 is 1.64 bits per heavy atom. The topological polar surface area (TPSA) is 99.3 Å². The Kier molecular flexibility index (Phi) is 13.6. The van der Waals surface area contributed by atoms with Crippen LogP contribution in [0.25, 0.3) is 0 Å². The van der Waals surface area contributed by atoms with Crippen LogP contribution in [-0.4, -0.2) is 89.7 Å². The van der Waals surface area contributed by atoms with Gasteiger partial charge in [0, 0.05) is 19.2 Å². The first-order valence-electron chi connectivity index (χ1n) is 16.9. The van der Waals surface area contributed by atoms with Crippen molar-refractivity contribution in [3.8, 4) is 0 Å². The number of nitrogens with zero attached hydrogens (tertiary/aromatic N) is 3. The summed E-state index contributed by atoms with van der Waals surface area (Å²) in [4.78, 5) is 59.6. The van der Waals surface area contributed by atoms with Crippen LogP contribution in [-0.2, 0) is 23.9 Å². The summed E-state index contributed by atoms with van der Waals surface area (Å²) in [5, 5.41) is 3.05. The van der Waals surface area contributed by atoms with Gasteiger partial charge in [0.05, 0.1) is 12.1 Å². The van der Waals surface area contributed by atoms with Gasteiger partial charge in [-0.1, -0.05) is 83.9 Å². The summed E-state index contributed by atoms with van der Waals surface area (Å²) in [5.74, 6) is -0.987. The number of esters is 1. The smallest absolute Gasteiger partial charge is 0.329 e. The van der Waals surface area contributed by atoms with Gasteiger partial charge < -0.3 is 19.9 Å². The molecular weight excluding hydrogens is 568 g/mol. The number of benzene rings is 1. The van der Waals surface area contributed by atoms with Crippen molar-refractivity contribution < 1.29 is 23.9 Å². The molecule has 0 saturated carbocycles. The highest BCUT2D eigenvalue weighted by Crippen LogP contribution is 2.28. The normalized spacial score (nSPS) is 21.4. The largest absolute Gasteiger partial charge is 0.456 e. The average molecular weight is 625 g/mol. The Labute approximate surface area is 270 Å². The average Bonchev–Trinajstić information content (AvgIpc) is 3.51. The number of likely N-dealkylation sites (tertiary alicyclic amines) is 2. The number of carbonyl (C=O) groups is 4. The monoisotopic (exact) mass is 624 g/mol. The minimum absolute atomic E-state index is 0.00899. The molecule has 2 fully saturated rings. The number of carbonyl (C=O) groups excluding carboxylic acids is 4. The van der Waals surface area contributed by atoms with Crippen molar-refractivity contribution >= 4 is 23.7 Å². The summed E-state index contributed by atoms with van der Waals surface area (Å²) < 4.78 is 6.00. The van der Waals surface area contributed by atoms with E-state index < -0.39 is 12.1 Å². The van der Waals surface area contributed by atoms with Gasteiger partial charge in [-0.15, -0.1) is 0 Å². The molecule has 2 saturated heterocycles. The summed E-state index contributed by atoms with van der Waals surface area (Å²) in [6, 6.07) is 7.81. The molecule has 250 valence electrons. The summed E-state index contributed by atoms with van der Waals surface area (Å²) in [6.07, 6.45) is 7.20. The lowest BCUT2D eigenvalue weighted by Gasteiger charge is -2.36. The molecule has 5 atom stereocenters. The molecule has 0 spiro atoms. The van der Waals surface area contributed by atoms with Crippen LogP contribution in [0, 0.1) is 11.8 Å². The van der Waals surface area contributed by atoms with Gasteiger partial charge in [0.2, 0.25) is 17.7 Å². The first kappa shape index (κ1) is 36.3. The van der Waals surface area contributed by atoms with E-state index in [1.54, 1.807) is 23.8 Å². The van der Waals surface area contributed by atoms with Crippen LogP contribution in [0.1, 0.15) is 98.2 Å². The highest BCUT2D eigenvalue weighted by molar-refractivity contribution is 5.96. The molecule has 3 rings (SSSR count). The minimum Gasteiger partial charge on any atom is -0.456 e. The number of nitrogens with one attached hydrogen (secondary N) is 1. The van der Waals surface area contributed by atoms with Crippen LogP contribution in [0.15, 0.2) is 42.0 Å². The molecule has 2 aliphatic heterocycles. The Balaban J connectivity index is 1.73. The van der Waals surface area contributed by atoms with Crippen molar-refractivity contribution in [2.75, 3.05) is 27.2 Å². The summed E-state index contributed by atoms with van der Waals surface area (Å²) in [7, 11) is 3.70. The van der Waals surface area contributed by atoms with Crippen molar-refractivity contribution in [2.45, 2.75) is 117 Å². The highest BCUT2D eigenvalue weighted by atomic mass is 16.5. The number of hydrogen-bond acceptors (Lipinski definition) is 6. The number of piperidine rings is 1. The lowest BCUT2D eigenvalue weighted by molar-refractivity contribution is -0.158. The first-order chi connectivity index (χ1) is 21.4. The minimum atomic E-state index is -0.679. The SMILES string of the molecule is CCC[C@@H](OC(=O)[C@@H]1CCCN1C(=O)C(C)=C[C@H](C(C)C)N(C)C(=O)[C@@H](NC(=O)[C@H]1CCCCN1C)C(C)C)c1ccccc1. The van der Waals surface area contributed by atoms with E-state index >= 15 is 0 Å². The van der Waals surface area contributed by atoms with E-state index in [1.165, 1.54) is 0 Å². The maximum Gasteiger partial charge on any atom is 0.329 e. The third kappa shape index (κ3) is 9.41. The molecule has 1 aromatic carbocycles. The van der Waals surface area contributed by atoms with Crippen LogP contribution in [0.2, 0.25) is 0 Å². The molecule has 2 aliphatic rings. The van der Waals surface area contributed by atoms with Crippen LogP contribution in [0.4, 0.5) is 0 Å². The fourth-order valence-corrected chi connectivity index (χ4v) is 6.54. The zero-order valence-corrected chi connectivity index (χ0v) is 28.8. The van der Waals surface area contributed by atoms with E-state index in [1.807, 2.05) is 71.2 Å². The van der Waals surface area contributed by atoms with E-state index in [-0.39, 0.29) is 53.7 Å². The van der Waals surface area contributed by atoms with E-state index in [0.29, 0.717) is 25.0 Å². The Hall–Kier alpha value is -3.20. The molecule has 0 unspecified atom stereocenters. The second-order valence-corrected chi connectivity index (χ2v) is 13.5. The molecule has 0 radical (unpaired) electrons. The number of likely N-dealkylation sites (N-methyl/N-ethyl adjacent to an activating group) is 2. The summed E-state index contributed by atoms with van der Waals surface area (Å²) in [5.41, 5.74) is 1.43. The van der Waals surface area contributed by atoms with Crippen molar-refractivity contribution in [3.63, 3.8) is 0 Å². The van der Waals surface area contributed by atoms with Gasteiger partial charge in [0.25, 0.3) is 0 Å². The van der Waals surface area contributed by atoms with Gasteiger partial charge in [-0.25, -0.2) is 4.79 Å². The van der Waals surface area contributed by atoms with E-state index in [0.717, 1.165) is 44.2 Å². The predicted molar refractivity (Wildman–Crippen MR) is 177 cm³/mol. The van der Waals surface area contributed by atoms with Gasteiger partial charge in [0.15, 0.2) is 0 Å². The van der Waals surface area contributed by atoms with E-state index in [4.69, 9.17) is 4.74 Å². The molecule has 3 amide bonds. The van der Waals surface area contributed by atoms with E-state index in [2.05, 4.69) is 17.1 Å². The second kappa shape index (κ2) is 16.9. The fourth-order valence-electron chi connectivity index (χ4n) is 6.54.